The minimum absolute atomic E-state index is 0.231. The van der Waals surface area contributed by atoms with Crippen LogP contribution in [0.25, 0.3) is 16.8 Å². The number of nitrogens with zero attached hydrogens (tertiary/aromatic N) is 4. The smallest absolute Gasteiger partial charge is 0.406 e. The number of amides is 1. The number of rotatable bonds is 6. The van der Waals surface area contributed by atoms with Crippen molar-refractivity contribution in [3.63, 3.8) is 0 Å². The van der Waals surface area contributed by atoms with Gasteiger partial charge in [0.2, 0.25) is 0 Å². The van der Waals surface area contributed by atoms with Crippen molar-refractivity contribution in [3.05, 3.63) is 36.9 Å². The van der Waals surface area contributed by atoms with Crippen LogP contribution in [0.15, 0.2) is 36.9 Å². The summed E-state index contributed by atoms with van der Waals surface area (Å²) in [5, 5.41) is 9.80. The second kappa shape index (κ2) is 7.47. The van der Waals surface area contributed by atoms with Crippen LogP contribution in [-0.4, -0.2) is 53.0 Å². The fourth-order valence-corrected chi connectivity index (χ4v) is 2.31. The molecule has 0 aliphatic rings. The van der Waals surface area contributed by atoms with Crippen molar-refractivity contribution in [1.82, 2.24) is 24.9 Å². The summed E-state index contributed by atoms with van der Waals surface area (Å²) in [7, 11) is 3.12. The predicted molar refractivity (Wildman–Crippen MR) is 91.7 cm³/mol. The number of hydrogen-bond donors (Lipinski definition) is 2. The molecule has 0 aliphatic heterocycles. The first-order valence-corrected chi connectivity index (χ1v) is 7.64. The first kappa shape index (κ1) is 16.5. The number of hydrogen-bond acceptors (Lipinski definition) is 7. The van der Waals surface area contributed by atoms with Crippen molar-refractivity contribution in [2.75, 3.05) is 32.6 Å². The van der Waals surface area contributed by atoms with E-state index in [0.29, 0.717) is 23.8 Å². The van der Waals surface area contributed by atoms with Crippen LogP contribution in [0.5, 0.6) is 5.75 Å². The number of pyridine rings is 1. The van der Waals surface area contributed by atoms with Crippen LogP contribution < -0.4 is 15.4 Å². The average Bonchev–Trinajstić information content (AvgIpc) is 3.08. The molecular weight excluding hydrogens is 324 g/mol. The Kier molecular flexibility index (Phi) is 4.93. The summed E-state index contributed by atoms with van der Waals surface area (Å²) in [5.41, 5.74) is 2.30. The lowest BCUT2D eigenvalue weighted by Crippen LogP contribution is -2.22. The summed E-state index contributed by atoms with van der Waals surface area (Å²) < 4.78 is 12.0. The van der Waals surface area contributed by atoms with E-state index in [4.69, 9.17) is 9.47 Å². The van der Waals surface area contributed by atoms with Crippen LogP contribution in [0.2, 0.25) is 0 Å². The van der Waals surface area contributed by atoms with E-state index in [1.165, 1.54) is 7.05 Å². The number of alkyl carbamates (subject to hydrolysis) is 1. The van der Waals surface area contributed by atoms with Crippen LogP contribution in [0.3, 0.4) is 0 Å². The van der Waals surface area contributed by atoms with Gasteiger partial charge in [0, 0.05) is 31.2 Å². The highest BCUT2D eigenvalue weighted by Gasteiger charge is 2.13. The largest absolute Gasteiger partial charge is 0.496 e. The molecule has 130 valence electrons. The summed E-state index contributed by atoms with van der Waals surface area (Å²) in [6.07, 6.45) is 6.44. The van der Waals surface area contributed by atoms with Gasteiger partial charge in [-0.15, -0.1) is 0 Å². The molecule has 25 heavy (non-hydrogen) atoms. The van der Waals surface area contributed by atoms with E-state index in [0.717, 1.165) is 11.1 Å². The van der Waals surface area contributed by atoms with Gasteiger partial charge in [0.15, 0.2) is 5.65 Å². The highest BCUT2D eigenvalue weighted by atomic mass is 16.5. The normalized spacial score (nSPS) is 10.5. The summed E-state index contributed by atoms with van der Waals surface area (Å²) in [5.74, 6) is 1.35. The summed E-state index contributed by atoms with van der Waals surface area (Å²) in [4.78, 5) is 19.7. The first-order valence-electron chi connectivity index (χ1n) is 7.64. The van der Waals surface area contributed by atoms with Gasteiger partial charge in [-0.3, -0.25) is 4.98 Å². The van der Waals surface area contributed by atoms with Crippen LogP contribution >= 0.6 is 0 Å². The third-order valence-corrected chi connectivity index (χ3v) is 3.51. The Morgan fingerprint density at radius 2 is 2.16 bits per heavy atom. The fraction of sp³-hybridized carbons (Fsp3) is 0.250. The molecule has 0 fully saturated rings. The van der Waals surface area contributed by atoms with E-state index < -0.39 is 6.09 Å². The summed E-state index contributed by atoms with van der Waals surface area (Å²) in [6.45, 7) is 0.672. The predicted octanol–water partition coefficient (Wildman–Crippen LogP) is 1.57. The van der Waals surface area contributed by atoms with Gasteiger partial charge < -0.3 is 20.1 Å². The number of carbonyl (C=O) groups excluding carboxylic acids is 1. The number of fused-ring (bicyclic) bond motifs is 1. The van der Waals surface area contributed by atoms with Crippen molar-refractivity contribution in [2.24, 2.45) is 0 Å². The van der Waals surface area contributed by atoms with Crippen molar-refractivity contribution in [3.8, 4) is 16.9 Å². The lowest BCUT2D eigenvalue weighted by molar-refractivity contribution is 0.153. The molecule has 2 N–H and O–H groups in total. The maximum Gasteiger partial charge on any atom is 0.406 e. The van der Waals surface area contributed by atoms with E-state index in [1.807, 2.05) is 0 Å². The van der Waals surface area contributed by atoms with Gasteiger partial charge in [-0.2, -0.15) is 5.10 Å². The van der Waals surface area contributed by atoms with Crippen molar-refractivity contribution in [2.45, 2.75) is 0 Å². The third kappa shape index (κ3) is 3.60. The van der Waals surface area contributed by atoms with Crippen LogP contribution in [0.4, 0.5) is 10.6 Å². The second-order valence-electron chi connectivity index (χ2n) is 5.03. The van der Waals surface area contributed by atoms with E-state index in [-0.39, 0.29) is 6.61 Å². The number of anilines is 1. The standard InChI is InChI=1S/C16H18N6O3/c1-17-16(23)25-8-6-19-14-4-7-22-15(21-14)12(10-20-22)11-9-18-5-3-13(11)24-2/h3-5,7,9-10H,6,8H2,1-2H3,(H,17,23)(H,19,21). The molecule has 3 aromatic rings. The zero-order valence-corrected chi connectivity index (χ0v) is 13.9. The Bertz CT molecular complexity index is 879. The summed E-state index contributed by atoms with van der Waals surface area (Å²) in [6, 6.07) is 3.58. The molecular formula is C16H18N6O3. The molecule has 3 aromatic heterocycles. The third-order valence-electron chi connectivity index (χ3n) is 3.51. The molecule has 3 rings (SSSR count). The van der Waals surface area contributed by atoms with Gasteiger partial charge in [-0.1, -0.05) is 0 Å². The number of methoxy groups -OCH3 is 1. The van der Waals surface area contributed by atoms with Gasteiger partial charge in [0.25, 0.3) is 0 Å². The zero-order valence-electron chi connectivity index (χ0n) is 13.9. The van der Waals surface area contributed by atoms with Gasteiger partial charge in [0.1, 0.15) is 18.2 Å². The molecule has 0 aromatic carbocycles. The molecule has 9 heteroatoms. The monoisotopic (exact) mass is 342 g/mol. The fourth-order valence-electron chi connectivity index (χ4n) is 2.31. The quantitative estimate of drug-likeness (QED) is 0.655. The molecule has 0 aliphatic carbocycles. The van der Waals surface area contributed by atoms with Crippen molar-refractivity contribution in [1.29, 1.82) is 0 Å². The van der Waals surface area contributed by atoms with Crippen LogP contribution in [-0.2, 0) is 4.74 Å². The Hall–Kier alpha value is -3.36. The molecule has 0 saturated carbocycles. The molecule has 1 amide bonds. The van der Waals surface area contributed by atoms with Crippen LogP contribution in [0.1, 0.15) is 0 Å². The molecule has 0 spiro atoms. The maximum absolute atomic E-state index is 11.0. The molecule has 0 bridgehead atoms. The highest BCUT2D eigenvalue weighted by molar-refractivity contribution is 5.81. The van der Waals surface area contributed by atoms with Crippen molar-refractivity contribution >= 4 is 17.6 Å². The highest BCUT2D eigenvalue weighted by Crippen LogP contribution is 2.31. The van der Waals surface area contributed by atoms with E-state index in [1.54, 1.807) is 48.5 Å². The number of ether oxygens (including phenoxy) is 2. The Morgan fingerprint density at radius 1 is 1.28 bits per heavy atom. The van der Waals surface area contributed by atoms with Gasteiger partial charge in [-0.25, -0.2) is 14.3 Å². The number of carbonyl (C=O) groups is 1. The minimum Gasteiger partial charge on any atom is -0.496 e. The maximum atomic E-state index is 11.0. The molecule has 0 radical (unpaired) electrons. The lowest BCUT2D eigenvalue weighted by atomic mass is 10.1. The van der Waals surface area contributed by atoms with Gasteiger partial charge >= 0.3 is 6.09 Å². The second-order valence-corrected chi connectivity index (χ2v) is 5.03. The Balaban J connectivity index is 1.81. The summed E-state index contributed by atoms with van der Waals surface area (Å²) >= 11 is 0. The number of nitrogens with one attached hydrogen (secondary N) is 2. The average molecular weight is 342 g/mol. The van der Waals surface area contributed by atoms with E-state index in [9.17, 15) is 4.79 Å². The number of aromatic nitrogens is 4. The van der Waals surface area contributed by atoms with Crippen molar-refractivity contribution < 1.29 is 14.3 Å². The first-order chi connectivity index (χ1) is 12.2. The van der Waals surface area contributed by atoms with E-state index in [2.05, 4.69) is 25.7 Å². The lowest BCUT2D eigenvalue weighted by Gasteiger charge is -2.08. The van der Waals surface area contributed by atoms with Crippen LogP contribution in [0, 0.1) is 0 Å². The Labute approximate surface area is 144 Å². The zero-order chi connectivity index (χ0) is 17.6. The van der Waals surface area contributed by atoms with Gasteiger partial charge in [-0.05, 0) is 12.1 Å². The minimum atomic E-state index is -0.466. The topological polar surface area (TPSA) is 103 Å². The molecule has 9 nitrogen and oxygen atoms in total. The van der Waals surface area contributed by atoms with E-state index >= 15 is 0 Å². The molecule has 0 unspecified atom stereocenters. The SMILES string of the molecule is CNC(=O)OCCNc1ccn2ncc(-c3cnccc3OC)c2n1. The van der Waals surface area contributed by atoms with Gasteiger partial charge in [0.05, 0.1) is 25.4 Å². The molecule has 0 saturated heterocycles. The molecule has 3 heterocycles. The Morgan fingerprint density at radius 3 is 2.96 bits per heavy atom. The molecule has 0 atom stereocenters.